The molecule has 0 aromatic carbocycles. The van der Waals surface area contributed by atoms with Crippen LogP contribution in [0.25, 0.3) is 11.3 Å². The molecule has 100 valence electrons. The van der Waals surface area contributed by atoms with Crippen LogP contribution in [0.2, 0.25) is 0 Å². The average molecular weight is 256 g/mol. The van der Waals surface area contributed by atoms with Crippen molar-refractivity contribution in [2.45, 2.75) is 32.2 Å². The van der Waals surface area contributed by atoms with Gasteiger partial charge in [-0.3, -0.25) is 4.98 Å². The third-order valence-electron chi connectivity index (χ3n) is 3.75. The van der Waals surface area contributed by atoms with Crippen molar-refractivity contribution >= 4 is 0 Å². The molecule has 19 heavy (non-hydrogen) atoms. The molecule has 2 aromatic rings. The number of hydrogen-bond acceptors (Lipinski definition) is 3. The largest absolute Gasteiger partial charge is 0.331 e. The van der Waals surface area contributed by atoms with Gasteiger partial charge in [0.1, 0.15) is 5.82 Å². The van der Waals surface area contributed by atoms with Gasteiger partial charge in [0.25, 0.3) is 0 Å². The molecule has 4 heteroatoms. The lowest BCUT2D eigenvalue weighted by molar-refractivity contribution is 0.512. The van der Waals surface area contributed by atoms with E-state index in [0.717, 1.165) is 31.6 Å². The maximum Gasteiger partial charge on any atom is 0.110 e. The van der Waals surface area contributed by atoms with Gasteiger partial charge in [0, 0.05) is 43.2 Å². The summed E-state index contributed by atoms with van der Waals surface area (Å²) >= 11 is 0. The Morgan fingerprint density at radius 2 is 2.11 bits per heavy atom. The lowest BCUT2D eigenvalue weighted by atomic mass is 10.0. The summed E-state index contributed by atoms with van der Waals surface area (Å²) in [6, 6.07) is 4.11. The summed E-state index contributed by atoms with van der Waals surface area (Å²) in [6.07, 6.45) is 8.37. The van der Waals surface area contributed by atoms with E-state index in [-0.39, 0.29) is 0 Å². The first-order valence-electron chi connectivity index (χ1n) is 7.03. The Balaban J connectivity index is 2.02. The molecule has 0 aliphatic carbocycles. The van der Waals surface area contributed by atoms with E-state index in [9.17, 15) is 0 Å². The molecule has 0 radical (unpaired) electrons. The van der Waals surface area contributed by atoms with Crippen LogP contribution < -0.4 is 5.32 Å². The molecule has 3 rings (SSSR count). The maximum absolute atomic E-state index is 4.89. The van der Waals surface area contributed by atoms with Gasteiger partial charge >= 0.3 is 0 Å². The van der Waals surface area contributed by atoms with Crippen molar-refractivity contribution in [2.75, 3.05) is 13.6 Å². The molecule has 0 bridgehead atoms. The molecular weight excluding hydrogens is 236 g/mol. The van der Waals surface area contributed by atoms with Crippen molar-refractivity contribution in [1.29, 1.82) is 0 Å². The van der Waals surface area contributed by atoms with Crippen LogP contribution >= 0.6 is 0 Å². The van der Waals surface area contributed by atoms with E-state index in [1.807, 2.05) is 19.4 Å². The predicted octanol–water partition coefficient (Wildman–Crippen LogP) is 2.04. The summed E-state index contributed by atoms with van der Waals surface area (Å²) in [5.74, 6) is 1.22. The van der Waals surface area contributed by atoms with Gasteiger partial charge in [-0.1, -0.05) is 0 Å². The third kappa shape index (κ3) is 2.40. The van der Waals surface area contributed by atoms with Gasteiger partial charge in [-0.15, -0.1) is 0 Å². The number of aromatic nitrogens is 3. The van der Waals surface area contributed by atoms with Crippen molar-refractivity contribution in [3.63, 3.8) is 0 Å². The molecule has 0 saturated heterocycles. The SMILES string of the molecule is CNCCc1nc(-c2ccncc2)c2n1CCCC2. The first kappa shape index (κ1) is 12.4. The molecule has 0 unspecified atom stereocenters. The van der Waals surface area contributed by atoms with E-state index in [4.69, 9.17) is 4.98 Å². The second-order valence-electron chi connectivity index (χ2n) is 5.02. The second-order valence-corrected chi connectivity index (χ2v) is 5.02. The van der Waals surface area contributed by atoms with E-state index in [2.05, 4.69) is 27.0 Å². The Kier molecular flexibility index (Phi) is 3.60. The van der Waals surface area contributed by atoms with Gasteiger partial charge in [0.2, 0.25) is 0 Å². The van der Waals surface area contributed by atoms with Crippen molar-refractivity contribution in [2.24, 2.45) is 0 Å². The van der Waals surface area contributed by atoms with Gasteiger partial charge in [0.05, 0.1) is 5.69 Å². The summed E-state index contributed by atoms with van der Waals surface area (Å²) in [4.78, 5) is 8.99. The van der Waals surface area contributed by atoms with Gasteiger partial charge in [-0.05, 0) is 38.4 Å². The van der Waals surface area contributed by atoms with Gasteiger partial charge in [0.15, 0.2) is 0 Å². The topological polar surface area (TPSA) is 42.7 Å². The van der Waals surface area contributed by atoms with Crippen LogP contribution in [-0.4, -0.2) is 28.1 Å². The summed E-state index contributed by atoms with van der Waals surface area (Å²) in [6.45, 7) is 2.10. The minimum Gasteiger partial charge on any atom is -0.331 e. The fraction of sp³-hybridized carbons (Fsp3) is 0.467. The normalized spacial score (nSPS) is 14.4. The van der Waals surface area contributed by atoms with Crippen molar-refractivity contribution in [3.8, 4) is 11.3 Å². The van der Waals surface area contributed by atoms with Crippen LogP contribution in [0.5, 0.6) is 0 Å². The van der Waals surface area contributed by atoms with E-state index >= 15 is 0 Å². The first-order chi connectivity index (χ1) is 9.40. The lowest BCUT2D eigenvalue weighted by Crippen LogP contribution is -2.17. The van der Waals surface area contributed by atoms with E-state index in [1.54, 1.807) is 0 Å². The Bertz CT molecular complexity index is 545. The standard InChI is InChI=1S/C15H20N4/c1-16-8-7-14-18-15(12-5-9-17-10-6-12)13-4-2-3-11-19(13)14/h5-6,9-10,16H,2-4,7-8,11H2,1H3. The zero-order valence-corrected chi connectivity index (χ0v) is 11.4. The summed E-state index contributed by atoms with van der Waals surface area (Å²) < 4.78 is 2.43. The lowest BCUT2D eigenvalue weighted by Gasteiger charge is -2.17. The Morgan fingerprint density at radius 3 is 2.89 bits per heavy atom. The van der Waals surface area contributed by atoms with Gasteiger partial charge in [-0.2, -0.15) is 0 Å². The zero-order valence-electron chi connectivity index (χ0n) is 11.4. The van der Waals surface area contributed by atoms with E-state index in [1.165, 1.54) is 29.9 Å². The number of pyridine rings is 1. The molecule has 1 N–H and O–H groups in total. The number of nitrogens with one attached hydrogen (secondary N) is 1. The Hall–Kier alpha value is -1.68. The number of nitrogens with zero attached hydrogens (tertiary/aromatic N) is 3. The fourth-order valence-electron chi connectivity index (χ4n) is 2.79. The predicted molar refractivity (Wildman–Crippen MR) is 76.0 cm³/mol. The van der Waals surface area contributed by atoms with Crippen LogP contribution in [-0.2, 0) is 19.4 Å². The second kappa shape index (κ2) is 5.53. The monoisotopic (exact) mass is 256 g/mol. The van der Waals surface area contributed by atoms with Gasteiger partial charge < -0.3 is 9.88 Å². The highest BCUT2D eigenvalue weighted by molar-refractivity contribution is 5.62. The molecule has 3 heterocycles. The van der Waals surface area contributed by atoms with Crippen LogP contribution in [0.4, 0.5) is 0 Å². The smallest absolute Gasteiger partial charge is 0.110 e. The van der Waals surface area contributed by atoms with E-state index < -0.39 is 0 Å². The highest BCUT2D eigenvalue weighted by Crippen LogP contribution is 2.28. The number of likely N-dealkylation sites (N-methyl/N-ethyl adjacent to an activating group) is 1. The zero-order chi connectivity index (χ0) is 13.1. The molecular formula is C15H20N4. The fourth-order valence-corrected chi connectivity index (χ4v) is 2.79. The molecule has 1 aliphatic rings. The molecule has 1 aliphatic heterocycles. The number of imidazole rings is 1. The minimum atomic E-state index is 0.978. The number of hydrogen-bond donors (Lipinski definition) is 1. The maximum atomic E-state index is 4.89. The average Bonchev–Trinajstić information content (AvgIpc) is 2.85. The van der Waals surface area contributed by atoms with Gasteiger partial charge in [-0.25, -0.2) is 4.98 Å². The Morgan fingerprint density at radius 1 is 1.26 bits per heavy atom. The van der Waals surface area contributed by atoms with Crippen molar-refractivity contribution < 1.29 is 0 Å². The number of fused-ring (bicyclic) bond motifs is 1. The molecule has 4 nitrogen and oxygen atoms in total. The van der Waals surface area contributed by atoms with Crippen LogP contribution in [0.1, 0.15) is 24.4 Å². The van der Waals surface area contributed by atoms with Crippen molar-refractivity contribution in [3.05, 3.63) is 36.0 Å². The third-order valence-corrected chi connectivity index (χ3v) is 3.75. The quantitative estimate of drug-likeness (QED) is 0.910. The molecule has 0 spiro atoms. The molecule has 0 fully saturated rings. The van der Waals surface area contributed by atoms with Crippen LogP contribution in [0.15, 0.2) is 24.5 Å². The molecule has 0 amide bonds. The summed E-state index contributed by atoms with van der Waals surface area (Å²) in [5.41, 5.74) is 3.76. The van der Waals surface area contributed by atoms with Crippen molar-refractivity contribution in [1.82, 2.24) is 19.9 Å². The summed E-state index contributed by atoms with van der Waals surface area (Å²) in [7, 11) is 1.99. The molecule has 0 atom stereocenters. The Labute approximate surface area is 113 Å². The first-order valence-corrected chi connectivity index (χ1v) is 7.03. The highest BCUT2D eigenvalue weighted by atomic mass is 15.1. The number of rotatable bonds is 4. The molecule has 0 saturated carbocycles. The van der Waals surface area contributed by atoms with Crippen LogP contribution in [0.3, 0.4) is 0 Å². The molecule has 2 aromatic heterocycles. The van der Waals surface area contributed by atoms with E-state index in [0.29, 0.717) is 0 Å². The van der Waals surface area contributed by atoms with Crippen LogP contribution in [0, 0.1) is 0 Å². The summed E-state index contributed by atoms with van der Waals surface area (Å²) in [5, 5.41) is 3.21. The highest BCUT2D eigenvalue weighted by Gasteiger charge is 2.20. The minimum absolute atomic E-state index is 0.978.